The smallest absolute Gasteiger partial charge is 0.419 e. The molecule has 1 N–H and O–H groups in total. The number of carbonyl (C=O) groups is 1. The summed E-state index contributed by atoms with van der Waals surface area (Å²) in [7, 11) is 1.64. The fourth-order valence-electron chi connectivity index (χ4n) is 4.71. The predicted octanol–water partition coefficient (Wildman–Crippen LogP) is 2.75. The number of aromatic nitrogens is 6. The number of methoxy groups -OCH3 is 1. The molecule has 0 bridgehead atoms. The van der Waals surface area contributed by atoms with E-state index in [0.29, 0.717) is 23.5 Å². The molecule has 38 heavy (non-hydrogen) atoms. The first-order chi connectivity index (χ1) is 18.4. The van der Waals surface area contributed by atoms with E-state index in [0.717, 1.165) is 11.3 Å². The van der Waals surface area contributed by atoms with Gasteiger partial charge in [-0.1, -0.05) is 12.1 Å². The summed E-state index contributed by atoms with van der Waals surface area (Å²) in [5.74, 6) is 0.553. The number of nitrogens with one attached hydrogen (secondary N) is 1. The third kappa shape index (κ3) is 4.55. The standard InChI is InChI=1S/C25H27N7O6/c1-25(2)37-19-17(11-35-24(33)31-9-8-26-13-31)36-23(20(19)38-25)32-14-30-18-21(28-12-29-22(18)32)27-10-15-4-6-16(34-3)7-5-15/h4-9,12-14,17,19-20,23H,10-11H2,1-3H3,(H,27,28,29)/t17-,19+,20?,23-/m1/s1. The number of benzene rings is 1. The van der Waals surface area contributed by atoms with Crippen molar-refractivity contribution >= 4 is 23.1 Å². The van der Waals surface area contributed by atoms with Gasteiger partial charge < -0.3 is 29.0 Å². The molecular formula is C25H27N7O6. The summed E-state index contributed by atoms with van der Waals surface area (Å²) in [5.41, 5.74) is 2.23. The molecule has 3 aromatic heterocycles. The van der Waals surface area contributed by atoms with Crippen LogP contribution in [0.25, 0.3) is 11.2 Å². The Morgan fingerprint density at radius 3 is 2.68 bits per heavy atom. The lowest BCUT2D eigenvalue weighted by molar-refractivity contribution is -0.199. The van der Waals surface area contributed by atoms with E-state index >= 15 is 0 Å². The maximum atomic E-state index is 12.3. The minimum absolute atomic E-state index is 0.0234. The number of carbonyl (C=O) groups excluding carboxylic acids is 1. The quantitative estimate of drug-likeness (QED) is 0.384. The SMILES string of the molecule is COc1ccc(CNc2ncnc3c2ncn3[C@@H]2O[C@H](COC(=O)n3ccnc3)[C@@H]3OC(C)(C)OC32)cc1. The van der Waals surface area contributed by atoms with Crippen LogP contribution in [0.2, 0.25) is 0 Å². The van der Waals surface area contributed by atoms with E-state index in [1.165, 1.54) is 29.6 Å². The van der Waals surface area contributed by atoms with E-state index in [9.17, 15) is 4.79 Å². The van der Waals surface area contributed by atoms with Crippen molar-refractivity contribution < 1.29 is 28.5 Å². The second-order valence-corrected chi connectivity index (χ2v) is 9.42. The van der Waals surface area contributed by atoms with Gasteiger partial charge in [-0.2, -0.15) is 0 Å². The molecule has 2 aliphatic heterocycles. The molecule has 1 aromatic carbocycles. The van der Waals surface area contributed by atoms with Crippen LogP contribution >= 0.6 is 0 Å². The van der Waals surface area contributed by atoms with Gasteiger partial charge in [0.05, 0.1) is 13.4 Å². The van der Waals surface area contributed by atoms with Gasteiger partial charge in [0.25, 0.3) is 0 Å². The topological polar surface area (TPSA) is 137 Å². The Hall–Kier alpha value is -4.07. The number of hydrogen-bond acceptors (Lipinski definition) is 11. The van der Waals surface area contributed by atoms with E-state index in [-0.39, 0.29) is 6.61 Å². The highest BCUT2D eigenvalue weighted by molar-refractivity contribution is 5.82. The Kier molecular flexibility index (Phi) is 6.18. The molecule has 0 saturated carbocycles. The molecule has 0 amide bonds. The van der Waals surface area contributed by atoms with Crippen LogP contribution in [0.5, 0.6) is 5.75 Å². The molecule has 0 radical (unpaired) electrons. The third-order valence-electron chi connectivity index (χ3n) is 6.46. The van der Waals surface area contributed by atoms with Gasteiger partial charge in [0.2, 0.25) is 0 Å². The fourth-order valence-corrected chi connectivity index (χ4v) is 4.71. The molecule has 198 valence electrons. The molecule has 4 aromatic rings. The van der Waals surface area contributed by atoms with Crippen molar-refractivity contribution in [1.82, 2.24) is 29.1 Å². The maximum absolute atomic E-state index is 12.3. The summed E-state index contributed by atoms with van der Waals surface area (Å²) in [6, 6.07) is 7.77. The molecule has 13 heteroatoms. The molecule has 0 spiro atoms. The van der Waals surface area contributed by atoms with Crippen LogP contribution in [0, 0.1) is 0 Å². The summed E-state index contributed by atoms with van der Waals surface area (Å²) in [4.78, 5) is 29.6. The van der Waals surface area contributed by atoms with Crippen molar-refractivity contribution in [2.24, 2.45) is 0 Å². The number of fused-ring (bicyclic) bond motifs is 2. The van der Waals surface area contributed by atoms with Gasteiger partial charge >= 0.3 is 6.09 Å². The number of hydrogen-bond donors (Lipinski definition) is 1. The lowest BCUT2D eigenvalue weighted by Gasteiger charge is -2.24. The molecule has 2 fully saturated rings. The zero-order chi connectivity index (χ0) is 26.3. The number of ether oxygens (including phenoxy) is 5. The van der Waals surface area contributed by atoms with Gasteiger partial charge in [0, 0.05) is 18.9 Å². The van der Waals surface area contributed by atoms with E-state index in [2.05, 4.69) is 25.3 Å². The van der Waals surface area contributed by atoms with Gasteiger partial charge in [0.1, 0.15) is 43.3 Å². The molecule has 1 unspecified atom stereocenters. The Morgan fingerprint density at radius 1 is 1.11 bits per heavy atom. The van der Waals surface area contributed by atoms with Gasteiger partial charge in [-0.25, -0.2) is 29.3 Å². The second kappa shape index (κ2) is 9.67. The van der Waals surface area contributed by atoms with Crippen molar-refractivity contribution in [2.45, 2.75) is 50.7 Å². The summed E-state index contributed by atoms with van der Waals surface area (Å²) >= 11 is 0. The van der Waals surface area contributed by atoms with Gasteiger partial charge in [-0.05, 0) is 31.5 Å². The minimum Gasteiger partial charge on any atom is -0.497 e. The number of anilines is 1. The van der Waals surface area contributed by atoms with E-state index in [4.69, 9.17) is 23.7 Å². The molecule has 2 saturated heterocycles. The summed E-state index contributed by atoms with van der Waals surface area (Å²) in [6.45, 7) is 4.20. The Balaban J connectivity index is 1.21. The highest BCUT2D eigenvalue weighted by Crippen LogP contribution is 2.44. The number of imidazole rings is 2. The summed E-state index contributed by atoms with van der Waals surface area (Å²) in [6.07, 6.45) is 4.86. The summed E-state index contributed by atoms with van der Waals surface area (Å²) in [5, 5.41) is 3.33. The second-order valence-electron chi connectivity index (χ2n) is 9.42. The van der Waals surface area contributed by atoms with E-state index in [1.807, 2.05) is 38.1 Å². The molecule has 5 heterocycles. The first-order valence-corrected chi connectivity index (χ1v) is 12.1. The Labute approximate surface area is 217 Å². The van der Waals surface area contributed by atoms with Crippen LogP contribution in [0.4, 0.5) is 10.6 Å². The van der Waals surface area contributed by atoms with E-state index < -0.39 is 36.4 Å². The van der Waals surface area contributed by atoms with Crippen molar-refractivity contribution in [3.63, 3.8) is 0 Å². The highest BCUT2D eigenvalue weighted by atomic mass is 16.8. The number of nitrogens with zero attached hydrogens (tertiary/aromatic N) is 6. The zero-order valence-electron chi connectivity index (χ0n) is 21.1. The third-order valence-corrected chi connectivity index (χ3v) is 6.46. The number of rotatable bonds is 7. The molecule has 0 aliphatic carbocycles. The minimum atomic E-state index is -0.833. The normalized spacial score (nSPS) is 23.9. The molecule has 2 aliphatic rings. The van der Waals surface area contributed by atoms with Crippen LogP contribution in [0.1, 0.15) is 25.6 Å². The van der Waals surface area contributed by atoms with Crippen molar-refractivity contribution in [1.29, 1.82) is 0 Å². The van der Waals surface area contributed by atoms with Gasteiger partial charge in [-0.15, -0.1) is 0 Å². The fraction of sp³-hybridized carbons (Fsp3) is 0.400. The Bertz CT molecular complexity index is 1420. The average Bonchev–Trinajstić information content (AvgIpc) is 3.70. The van der Waals surface area contributed by atoms with Crippen LogP contribution in [0.15, 0.2) is 55.6 Å². The van der Waals surface area contributed by atoms with Crippen molar-refractivity contribution in [2.75, 3.05) is 19.0 Å². The molecular weight excluding hydrogens is 494 g/mol. The lowest BCUT2D eigenvalue weighted by atomic mass is 10.1. The first-order valence-electron chi connectivity index (χ1n) is 12.1. The zero-order valence-corrected chi connectivity index (χ0v) is 21.1. The molecule has 4 atom stereocenters. The predicted molar refractivity (Wildman–Crippen MR) is 132 cm³/mol. The largest absolute Gasteiger partial charge is 0.497 e. The van der Waals surface area contributed by atoms with Crippen molar-refractivity contribution in [3.05, 3.63) is 61.2 Å². The Morgan fingerprint density at radius 2 is 1.92 bits per heavy atom. The average molecular weight is 522 g/mol. The maximum Gasteiger partial charge on any atom is 0.419 e. The van der Waals surface area contributed by atoms with Crippen LogP contribution in [-0.2, 0) is 25.5 Å². The van der Waals surface area contributed by atoms with Crippen LogP contribution < -0.4 is 10.1 Å². The monoisotopic (exact) mass is 521 g/mol. The highest BCUT2D eigenvalue weighted by Gasteiger charge is 2.56. The first kappa shape index (κ1) is 24.3. The van der Waals surface area contributed by atoms with E-state index in [1.54, 1.807) is 18.0 Å². The molecule has 6 rings (SSSR count). The summed E-state index contributed by atoms with van der Waals surface area (Å²) < 4.78 is 32.4. The van der Waals surface area contributed by atoms with Crippen LogP contribution in [-0.4, -0.2) is 73.0 Å². The van der Waals surface area contributed by atoms with Crippen LogP contribution in [0.3, 0.4) is 0 Å². The molecule has 13 nitrogen and oxygen atoms in total. The lowest BCUT2D eigenvalue weighted by Crippen LogP contribution is -2.34. The van der Waals surface area contributed by atoms with Gasteiger partial charge in [0.15, 0.2) is 29.0 Å². The van der Waals surface area contributed by atoms with Crippen molar-refractivity contribution in [3.8, 4) is 5.75 Å². The van der Waals surface area contributed by atoms with Gasteiger partial charge in [-0.3, -0.25) is 4.57 Å².